The summed E-state index contributed by atoms with van der Waals surface area (Å²) < 4.78 is 0. The Labute approximate surface area is 93.1 Å². The zero-order chi connectivity index (χ0) is 10.4. The van der Waals surface area contributed by atoms with Crippen LogP contribution in [0.2, 0.25) is 5.02 Å². The quantitative estimate of drug-likeness (QED) is 0.797. The number of hydrogen-bond acceptors (Lipinski definition) is 2. The zero-order valence-corrected chi connectivity index (χ0v) is 8.96. The van der Waals surface area contributed by atoms with Gasteiger partial charge in [-0.25, -0.2) is 0 Å². The number of benzene rings is 1. The largest absolute Gasteiger partial charge is 0.398 e. The van der Waals surface area contributed by atoms with Crippen molar-refractivity contribution in [3.63, 3.8) is 0 Å². The molecule has 15 heavy (non-hydrogen) atoms. The third-order valence-electron chi connectivity index (χ3n) is 2.84. The Morgan fingerprint density at radius 3 is 2.87 bits per heavy atom. The molecule has 0 unspecified atom stereocenters. The number of pyridine rings is 1. The minimum Gasteiger partial charge on any atom is -0.398 e. The number of anilines is 1. The molecule has 0 bridgehead atoms. The maximum Gasteiger partial charge on any atom is 0.0912 e. The van der Waals surface area contributed by atoms with E-state index in [1.165, 1.54) is 12.8 Å². The van der Waals surface area contributed by atoms with Crippen molar-refractivity contribution >= 4 is 28.2 Å². The van der Waals surface area contributed by atoms with Crippen LogP contribution in [0.3, 0.4) is 0 Å². The fraction of sp³-hybridized carbons (Fsp3) is 0.250. The molecule has 1 saturated carbocycles. The van der Waals surface area contributed by atoms with E-state index in [0.29, 0.717) is 10.9 Å². The maximum atomic E-state index is 6.11. The van der Waals surface area contributed by atoms with Crippen LogP contribution in [0.1, 0.15) is 24.5 Å². The van der Waals surface area contributed by atoms with Gasteiger partial charge < -0.3 is 5.73 Å². The van der Waals surface area contributed by atoms with Crippen LogP contribution in [0.15, 0.2) is 24.3 Å². The lowest BCUT2D eigenvalue weighted by atomic mass is 10.1. The summed E-state index contributed by atoms with van der Waals surface area (Å²) in [5.41, 5.74) is 8.70. The second-order valence-corrected chi connectivity index (χ2v) is 4.45. The average molecular weight is 219 g/mol. The summed E-state index contributed by atoms with van der Waals surface area (Å²) in [5.74, 6) is 0.605. The van der Waals surface area contributed by atoms with Crippen molar-refractivity contribution in [1.29, 1.82) is 0 Å². The molecule has 1 heterocycles. The van der Waals surface area contributed by atoms with E-state index in [1.54, 1.807) is 0 Å². The fourth-order valence-electron chi connectivity index (χ4n) is 1.85. The Balaban J connectivity index is 2.32. The lowest BCUT2D eigenvalue weighted by Crippen LogP contribution is -1.94. The Bertz CT molecular complexity index is 532. The molecule has 3 heteroatoms. The van der Waals surface area contributed by atoms with Crippen molar-refractivity contribution in [3.8, 4) is 0 Å². The number of rotatable bonds is 1. The van der Waals surface area contributed by atoms with E-state index in [1.807, 2.05) is 24.3 Å². The number of halogens is 1. The first-order valence-electron chi connectivity index (χ1n) is 5.10. The maximum absolute atomic E-state index is 6.11. The van der Waals surface area contributed by atoms with Crippen LogP contribution in [-0.2, 0) is 0 Å². The highest BCUT2D eigenvalue weighted by Crippen LogP contribution is 2.41. The number of para-hydroxylation sites is 1. The molecule has 1 aromatic carbocycles. The van der Waals surface area contributed by atoms with E-state index < -0.39 is 0 Å². The number of nitrogen functional groups attached to an aromatic ring is 1. The highest BCUT2D eigenvalue weighted by Gasteiger charge is 2.25. The van der Waals surface area contributed by atoms with Gasteiger partial charge in [0.2, 0.25) is 0 Å². The van der Waals surface area contributed by atoms with E-state index in [-0.39, 0.29) is 0 Å². The van der Waals surface area contributed by atoms with Crippen molar-refractivity contribution in [2.24, 2.45) is 0 Å². The number of fused-ring (bicyclic) bond motifs is 1. The monoisotopic (exact) mass is 218 g/mol. The van der Waals surface area contributed by atoms with Crippen LogP contribution in [0.4, 0.5) is 5.69 Å². The first-order valence-corrected chi connectivity index (χ1v) is 5.48. The van der Waals surface area contributed by atoms with Gasteiger partial charge in [0.1, 0.15) is 0 Å². The molecule has 2 N–H and O–H groups in total. The molecular formula is C12H11ClN2. The van der Waals surface area contributed by atoms with Gasteiger partial charge in [-0.05, 0) is 25.0 Å². The number of nitrogens with two attached hydrogens (primary N) is 1. The molecule has 0 aliphatic heterocycles. The van der Waals surface area contributed by atoms with Gasteiger partial charge in [-0.15, -0.1) is 0 Å². The summed E-state index contributed by atoms with van der Waals surface area (Å²) in [4.78, 5) is 4.59. The molecule has 1 aromatic heterocycles. The lowest BCUT2D eigenvalue weighted by Gasteiger charge is -2.06. The molecule has 3 rings (SSSR count). The Morgan fingerprint density at radius 1 is 1.33 bits per heavy atom. The van der Waals surface area contributed by atoms with Crippen molar-refractivity contribution in [3.05, 3.63) is 35.0 Å². The van der Waals surface area contributed by atoms with Crippen molar-refractivity contribution in [2.45, 2.75) is 18.8 Å². The van der Waals surface area contributed by atoms with Crippen molar-refractivity contribution < 1.29 is 0 Å². The first-order chi connectivity index (χ1) is 7.25. The topological polar surface area (TPSA) is 38.9 Å². The standard InChI is InChI=1S/C12H11ClN2/c13-9-3-1-2-8-10(14)6-11(7-4-5-7)15-12(8)9/h1-3,6-7H,4-5H2,(H2,14,15). The second-order valence-electron chi connectivity index (χ2n) is 4.05. The molecule has 1 aliphatic rings. The van der Waals surface area contributed by atoms with Gasteiger partial charge in [-0.3, -0.25) is 4.98 Å². The van der Waals surface area contributed by atoms with Gasteiger partial charge in [0.15, 0.2) is 0 Å². The molecule has 76 valence electrons. The summed E-state index contributed by atoms with van der Waals surface area (Å²) in [6, 6.07) is 7.70. The van der Waals surface area contributed by atoms with E-state index in [4.69, 9.17) is 17.3 Å². The first kappa shape index (κ1) is 8.98. The van der Waals surface area contributed by atoms with Gasteiger partial charge in [-0.2, -0.15) is 0 Å². The molecule has 0 radical (unpaired) electrons. The Kier molecular flexibility index (Phi) is 1.86. The molecule has 0 amide bonds. The second kappa shape index (κ2) is 3.11. The molecular weight excluding hydrogens is 208 g/mol. The average Bonchev–Trinajstić information content (AvgIpc) is 3.02. The predicted molar refractivity (Wildman–Crippen MR) is 63.1 cm³/mol. The zero-order valence-electron chi connectivity index (χ0n) is 8.20. The van der Waals surface area contributed by atoms with Crippen LogP contribution in [0, 0.1) is 0 Å². The van der Waals surface area contributed by atoms with E-state index >= 15 is 0 Å². The molecule has 1 aliphatic carbocycles. The van der Waals surface area contributed by atoms with Crippen LogP contribution >= 0.6 is 11.6 Å². The fourth-order valence-corrected chi connectivity index (χ4v) is 2.07. The lowest BCUT2D eigenvalue weighted by molar-refractivity contribution is 1.05. The van der Waals surface area contributed by atoms with Gasteiger partial charge >= 0.3 is 0 Å². The molecule has 2 nitrogen and oxygen atoms in total. The smallest absolute Gasteiger partial charge is 0.0912 e. The van der Waals surface area contributed by atoms with Gasteiger partial charge in [-0.1, -0.05) is 23.7 Å². The Hall–Kier alpha value is -1.28. The number of aromatic nitrogens is 1. The van der Waals surface area contributed by atoms with Crippen LogP contribution in [0.5, 0.6) is 0 Å². The van der Waals surface area contributed by atoms with E-state index in [2.05, 4.69) is 4.98 Å². The van der Waals surface area contributed by atoms with Crippen LogP contribution in [0.25, 0.3) is 10.9 Å². The number of hydrogen-bond donors (Lipinski definition) is 1. The molecule has 0 atom stereocenters. The molecule has 1 fully saturated rings. The summed E-state index contributed by atoms with van der Waals surface area (Å²) in [6.45, 7) is 0. The highest BCUT2D eigenvalue weighted by atomic mass is 35.5. The molecule has 0 saturated heterocycles. The summed E-state index contributed by atoms with van der Waals surface area (Å²) >= 11 is 6.11. The molecule has 0 spiro atoms. The minimum absolute atomic E-state index is 0.605. The van der Waals surface area contributed by atoms with Gasteiger partial charge in [0.25, 0.3) is 0 Å². The highest BCUT2D eigenvalue weighted by molar-refractivity contribution is 6.35. The van der Waals surface area contributed by atoms with Gasteiger partial charge in [0.05, 0.1) is 10.5 Å². The normalized spacial score (nSPS) is 15.8. The number of nitrogens with zero attached hydrogens (tertiary/aromatic N) is 1. The third kappa shape index (κ3) is 1.45. The molecule has 2 aromatic rings. The summed E-state index contributed by atoms with van der Waals surface area (Å²) in [5, 5.41) is 1.63. The van der Waals surface area contributed by atoms with E-state index in [0.717, 1.165) is 22.3 Å². The van der Waals surface area contributed by atoms with Crippen molar-refractivity contribution in [1.82, 2.24) is 4.98 Å². The Morgan fingerprint density at radius 2 is 2.13 bits per heavy atom. The third-order valence-corrected chi connectivity index (χ3v) is 3.14. The van der Waals surface area contributed by atoms with Gasteiger partial charge in [0, 0.05) is 22.7 Å². The van der Waals surface area contributed by atoms with Crippen molar-refractivity contribution in [2.75, 3.05) is 5.73 Å². The van der Waals surface area contributed by atoms with Crippen LogP contribution in [-0.4, -0.2) is 4.98 Å². The summed E-state index contributed by atoms with van der Waals surface area (Å²) in [6.07, 6.45) is 2.45. The minimum atomic E-state index is 0.605. The van der Waals surface area contributed by atoms with E-state index in [9.17, 15) is 0 Å². The summed E-state index contributed by atoms with van der Waals surface area (Å²) in [7, 11) is 0. The predicted octanol–water partition coefficient (Wildman–Crippen LogP) is 3.35. The van der Waals surface area contributed by atoms with Crippen LogP contribution < -0.4 is 5.73 Å². The SMILES string of the molecule is Nc1cc(C2CC2)nc2c(Cl)cccc12.